The molecule has 1 aromatic heterocycles. The first-order chi connectivity index (χ1) is 7.24. The van der Waals surface area contributed by atoms with Gasteiger partial charge in [-0.1, -0.05) is 0 Å². The van der Waals surface area contributed by atoms with E-state index in [1.807, 2.05) is 0 Å². The molecule has 15 heavy (non-hydrogen) atoms. The Morgan fingerprint density at radius 3 is 2.87 bits per heavy atom. The molecule has 2 rings (SSSR count). The summed E-state index contributed by atoms with van der Waals surface area (Å²) in [7, 11) is 2.83. The van der Waals surface area contributed by atoms with Crippen molar-refractivity contribution in [2.75, 3.05) is 14.2 Å². The fourth-order valence-corrected chi connectivity index (χ4v) is 1.21. The van der Waals surface area contributed by atoms with Gasteiger partial charge in [0.1, 0.15) is 11.3 Å². The van der Waals surface area contributed by atoms with Crippen molar-refractivity contribution < 1.29 is 18.7 Å². The Labute approximate surface area is 85.6 Å². The smallest absolute Gasteiger partial charge is 0.394 e. The molecule has 0 bridgehead atoms. The molecule has 0 N–H and O–H groups in total. The molecule has 0 aliphatic carbocycles. The summed E-state index contributed by atoms with van der Waals surface area (Å²) in [6.45, 7) is 0. The van der Waals surface area contributed by atoms with E-state index >= 15 is 0 Å². The Morgan fingerprint density at radius 2 is 2.20 bits per heavy atom. The number of carbonyl (C=O) groups is 1. The average Bonchev–Trinajstić information content (AvgIpc) is 2.70. The van der Waals surface area contributed by atoms with E-state index in [-0.39, 0.29) is 5.89 Å². The second-order valence-electron chi connectivity index (χ2n) is 2.84. The summed E-state index contributed by atoms with van der Waals surface area (Å²) in [5.74, 6) is 0.0122. The molecule has 5 nitrogen and oxygen atoms in total. The van der Waals surface area contributed by atoms with E-state index in [0.717, 1.165) is 0 Å². The van der Waals surface area contributed by atoms with Gasteiger partial charge < -0.3 is 13.9 Å². The summed E-state index contributed by atoms with van der Waals surface area (Å²) in [4.78, 5) is 15.1. The van der Waals surface area contributed by atoms with Crippen LogP contribution in [0.2, 0.25) is 0 Å². The monoisotopic (exact) mass is 207 g/mol. The van der Waals surface area contributed by atoms with Gasteiger partial charge in [-0.05, 0) is 12.1 Å². The Kier molecular flexibility index (Phi) is 2.29. The average molecular weight is 207 g/mol. The highest BCUT2D eigenvalue weighted by molar-refractivity contribution is 5.88. The number of oxazole rings is 1. The van der Waals surface area contributed by atoms with Crippen LogP contribution in [0.5, 0.6) is 5.75 Å². The molecular formula is C10H9NO4. The van der Waals surface area contributed by atoms with Gasteiger partial charge in [0.05, 0.1) is 14.2 Å². The van der Waals surface area contributed by atoms with Crippen molar-refractivity contribution in [1.29, 1.82) is 0 Å². The van der Waals surface area contributed by atoms with Gasteiger partial charge in [-0.2, -0.15) is 0 Å². The highest BCUT2D eigenvalue weighted by Crippen LogP contribution is 2.21. The number of fused-ring (bicyclic) bond motifs is 1. The van der Waals surface area contributed by atoms with E-state index in [4.69, 9.17) is 9.15 Å². The summed E-state index contributed by atoms with van der Waals surface area (Å²) in [5, 5.41) is 0. The first-order valence-corrected chi connectivity index (χ1v) is 4.27. The van der Waals surface area contributed by atoms with Crippen LogP contribution in [0.1, 0.15) is 10.7 Å². The Balaban J connectivity index is 2.51. The van der Waals surface area contributed by atoms with E-state index < -0.39 is 5.97 Å². The predicted octanol–water partition coefficient (Wildman–Crippen LogP) is 1.62. The number of methoxy groups -OCH3 is 2. The van der Waals surface area contributed by atoms with Gasteiger partial charge in [0.25, 0.3) is 0 Å². The van der Waals surface area contributed by atoms with Crippen molar-refractivity contribution in [2.45, 2.75) is 0 Å². The van der Waals surface area contributed by atoms with Gasteiger partial charge in [0, 0.05) is 6.07 Å². The van der Waals surface area contributed by atoms with E-state index in [1.54, 1.807) is 25.3 Å². The first kappa shape index (κ1) is 9.51. The van der Waals surface area contributed by atoms with Gasteiger partial charge in [0.15, 0.2) is 5.58 Å². The number of benzene rings is 1. The van der Waals surface area contributed by atoms with Gasteiger partial charge in [-0.3, -0.25) is 0 Å². The van der Waals surface area contributed by atoms with Gasteiger partial charge in [-0.25, -0.2) is 9.78 Å². The third kappa shape index (κ3) is 1.63. The molecule has 1 aromatic carbocycles. The van der Waals surface area contributed by atoms with Crippen molar-refractivity contribution in [2.24, 2.45) is 0 Å². The number of esters is 1. The lowest BCUT2D eigenvalue weighted by atomic mass is 10.3. The molecule has 0 aliphatic rings. The zero-order chi connectivity index (χ0) is 10.8. The van der Waals surface area contributed by atoms with Crippen molar-refractivity contribution in [3.63, 3.8) is 0 Å². The van der Waals surface area contributed by atoms with Gasteiger partial charge >= 0.3 is 11.9 Å². The lowest BCUT2D eigenvalue weighted by Crippen LogP contribution is -2.00. The van der Waals surface area contributed by atoms with Crippen LogP contribution >= 0.6 is 0 Å². The van der Waals surface area contributed by atoms with Crippen LogP contribution in [-0.4, -0.2) is 25.2 Å². The normalized spacial score (nSPS) is 10.3. The summed E-state index contributed by atoms with van der Waals surface area (Å²) < 4.78 is 14.7. The minimum absolute atomic E-state index is 0.0549. The zero-order valence-electron chi connectivity index (χ0n) is 8.31. The maximum atomic E-state index is 11.1. The molecule has 5 heteroatoms. The fourth-order valence-electron chi connectivity index (χ4n) is 1.21. The van der Waals surface area contributed by atoms with E-state index in [9.17, 15) is 4.79 Å². The molecule has 2 aromatic rings. The van der Waals surface area contributed by atoms with E-state index in [1.165, 1.54) is 7.11 Å². The largest absolute Gasteiger partial charge is 0.497 e. The molecule has 78 valence electrons. The molecule has 0 fully saturated rings. The summed E-state index contributed by atoms with van der Waals surface area (Å²) in [6.07, 6.45) is 0. The Hall–Kier alpha value is -2.04. The number of aromatic nitrogens is 1. The highest BCUT2D eigenvalue weighted by atomic mass is 16.5. The minimum Gasteiger partial charge on any atom is -0.497 e. The zero-order valence-corrected chi connectivity index (χ0v) is 8.31. The van der Waals surface area contributed by atoms with Crippen molar-refractivity contribution >= 4 is 17.1 Å². The molecule has 0 saturated heterocycles. The van der Waals surface area contributed by atoms with Crippen LogP contribution in [0.4, 0.5) is 0 Å². The molecule has 0 atom stereocenters. The van der Waals surface area contributed by atoms with E-state index in [0.29, 0.717) is 16.8 Å². The number of hydrogen-bond acceptors (Lipinski definition) is 5. The second-order valence-corrected chi connectivity index (χ2v) is 2.84. The number of ether oxygens (including phenoxy) is 2. The molecule has 0 aliphatic heterocycles. The SMILES string of the molecule is COC(=O)c1nc2cc(OC)ccc2o1. The van der Waals surface area contributed by atoms with E-state index in [2.05, 4.69) is 9.72 Å². The second kappa shape index (κ2) is 3.61. The Bertz CT molecular complexity index is 503. The number of rotatable bonds is 2. The predicted molar refractivity (Wildman–Crippen MR) is 51.9 cm³/mol. The van der Waals surface area contributed by atoms with Crippen molar-refractivity contribution in [3.8, 4) is 5.75 Å². The summed E-state index contributed by atoms with van der Waals surface area (Å²) in [5.41, 5.74) is 1.09. The maximum absolute atomic E-state index is 11.1. The lowest BCUT2D eigenvalue weighted by Gasteiger charge is -1.95. The van der Waals surface area contributed by atoms with Crippen LogP contribution in [0.3, 0.4) is 0 Å². The summed E-state index contributed by atoms with van der Waals surface area (Å²) in [6, 6.07) is 5.10. The van der Waals surface area contributed by atoms with Gasteiger partial charge in [-0.15, -0.1) is 0 Å². The molecule has 0 unspecified atom stereocenters. The van der Waals surface area contributed by atoms with Crippen LogP contribution in [-0.2, 0) is 4.74 Å². The quantitative estimate of drug-likeness (QED) is 0.700. The third-order valence-corrected chi connectivity index (χ3v) is 1.95. The van der Waals surface area contributed by atoms with Gasteiger partial charge in [0.2, 0.25) is 0 Å². The number of nitrogens with zero attached hydrogens (tertiary/aromatic N) is 1. The third-order valence-electron chi connectivity index (χ3n) is 1.95. The standard InChI is InChI=1S/C10H9NO4/c1-13-6-3-4-8-7(5-6)11-9(15-8)10(12)14-2/h3-5H,1-2H3. The minimum atomic E-state index is -0.592. The Morgan fingerprint density at radius 1 is 1.40 bits per heavy atom. The lowest BCUT2D eigenvalue weighted by molar-refractivity contribution is 0.0558. The molecular weight excluding hydrogens is 198 g/mol. The van der Waals surface area contributed by atoms with Crippen molar-refractivity contribution in [1.82, 2.24) is 4.98 Å². The van der Waals surface area contributed by atoms with Crippen LogP contribution in [0.15, 0.2) is 22.6 Å². The molecule has 0 saturated carbocycles. The topological polar surface area (TPSA) is 61.6 Å². The van der Waals surface area contributed by atoms with Crippen LogP contribution < -0.4 is 4.74 Å². The first-order valence-electron chi connectivity index (χ1n) is 4.27. The van der Waals surface area contributed by atoms with Crippen LogP contribution in [0.25, 0.3) is 11.1 Å². The highest BCUT2D eigenvalue weighted by Gasteiger charge is 2.14. The molecule has 1 heterocycles. The number of hydrogen-bond donors (Lipinski definition) is 0. The fraction of sp³-hybridized carbons (Fsp3) is 0.200. The molecule has 0 radical (unpaired) electrons. The molecule has 0 amide bonds. The number of carbonyl (C=O) groups excluding carboxylic acids is 1. The summed E-state index contributed by atoms with van der Waals surface area (Å²) >= 11 is 0. The van der Waals surface area contributed by atoms with Crippen molar-refractivity contribution in [3.05, 3.63) is 24.1 Å². The molecule has 0 spiro atoms. The van der Waals surface area contributed by atoms with Crippen LogP contribution in [0, 0.1) is 0 Å². The maximum Gasteiger partial charge on any atom is 0.394 e.